The van der Waals surface area contributed by atoms with E-state index in [9.17, 15) is 9.18 Å². The van der Waals surface area contributed by atoms with Gasteiger partial charge in [-0.2, -0.15) is 0 Å². The van der Waals surface area contributed by atoms with Crippen molar-refractivity contribution < 1.29 is 9.18 Å². The number of benzene rings is 1. The van der Waals surface area contributed by atoms with Gasteiger partial charge in [-0.15, -0.1) is 11.3 Å². The quantitative estimate of drug-likeness (QED) is 0.857. The number of carbonyl (C=O) groups excluding carboxylic acids is 1. The summed E-state index contributed by atoms with van der Waals surface area (Å²) in [5.74, 6) is 0.0575. The highest BCUT2D eigenvalue weighted by Crippen LogP contribution is 2.28. The molecule has 0 unspecified atom stereocenters. The van der Waals surface area contributed by atoms with Gasteiger partial charge in [-0.05, 0) is 63.9 Å². The lowest BCUT2D eigenvalue weighted by molar-refractivity contribution is 0.0908. The molecule has 1 aliphatic rings. The van der Waals surface area contributed by atoms with Crippen molar-refractivity contribution in [2.24, 2.45) is 0 Å². The zero-order valence-corrected chi connectivity index (χ0v) is 15.5. The van der Waals surface area contributed by atoms with E-state index in [4.69, 9.17) is 0 Å². The van der Waals surface area contributed by atoms with Crippen molar-refractivity contribution in [1.29, 1.82) is 0 Å². The first-order valence-corrected chi connectivity index (χ1v) is 9.54. The van der Waals surface area contributed by atoms with Gasteiger partial charge in [-0.1, -0.05) is 12.1 Å². The van der Waals surface area contributed by atoms with Crippen molar-refractivity contribution in [3.05, 3.63) is 51.7 Å². The first kappa shape index (κ1) is 18.0. The molecular formula is C19H24FN3OS. The summed E-state index contributed by atoms with van der Waals surface area (Å²) in [7, 11) is 0. The van der Waals surface area contributed by atoms with Gasteiger partial charge in [0.15, 0.2) is 0 Å². The van der Waals surface area contributed by atoms with E-state index in [0.29, 0.717) is 18.0 Å². The van der Waals surface area contributed by atoms with E-state index >= 15 is 0 Å². The molecule has 6 heteroatoms. The normalized spacial score (nSPS) is 16.0. The molecule has 0 radical (unpaired) electrons. The molecule has 0 saturated carbocycles. The molecule has 0 atom stereocenters. The summed E-state index contributed by atoms with van der Waals surface area (Å²) < 4.78 is 13.0. The van der Waals surface area contributed by atoms with Gasteiger partial charge in [0.25, 0.3) is 5.91 Å². The maximum absolute atomic E-state index is 13.0. The van der Waals surface area contributed by atoms with Gasteiger partial charge in [0, 0.05) is 16.8 Å². The Kier molecular flexibility index (Phi) is 5.49. The van der Waals surface area contributed by atoms with Gasteiger partial charge in [-0.3, -0.25) is 4.79 Å². The summed E-state index contributed by atoms with van der Waals surface area (Å²) in [6.07, 6.45) is 2.78. The number of rotatable bonds is 5. The van der Waals surface area contributed by atoms with Gasteiger partial charge in [0.1, 0.15) is 11.5 Å². The fourth-order valence-corrected chi connectivity index (χ4v) is 4.15. The Hall–Kier alpha value is -1.79. The maximum Gasteiger partial charge on any atom is 0.271 e. The Morgan fingerprint density at radius 3 is 2.68 bits per heavy atom. The number of thiazole rings is 1. The van der Waals surface area contributed by atoms with Gasteiger partial charge < -0.3 is 10.6 Å². The van der Waals surface area contributed by atoms with Crippen molar-refractivity contribution in [1.82, 2.24) is 15.6 Å². The zero-order valence-electron chi connectivity index (χ0n) is 14.6. The molecule has 1 amide bonds. The van der Waals surface area contributed by atoms with Crippen LogP contribution in [0.1, 0.15) is 53.7 Å². The van der Waals surface area contributed by atoms with Crippen LogP contribution in [-0.2, 0) is 6.42 Å². The molecular weight excluding hydrogens is 337 g/mol. The molecule has 4 nitrogen and oxygen atoms in total. The van der Waals surface area contributed by atoms with Crippen LogP contribution in [0.3, 0.4) is 0 Å². The van der Waals surface area contributed by atoms with Crippen molar-refractivity contribution in [2.75, 3.05) is 13.1 Å². The summed E-state index contributed by atoms with van der Waals surface area (Å²) in [4.78, 5) is 17.1. The van der Waals surface area contributed by atoms with Crippen LogP contribution >= 0.6 is 11.3 Å². The van der Waals surface area contributed by atoms with E-state index in [-0.39, 0.29) is 11.7 Å². The number of hydrogen-bond donors (Lipinski definition) is 2. The monoisotopic (exact) mass is 361 g/mol. The second kappa shape index (κ2) is 7.62. The molecule has 134 valence electrons. The molecule has 0 spiro atoms. The first-order valence-electron chi connectivity index (χ1n) is 8.66. The van der Waals surface area contributed by atoms with Crippen LogP contribution in [0.2, 0.25) is 0 Å². The molecule has 0 aliphatic carbocycles. The lowest BCUT2D eigenvalue weighted by atomic mass is 9.94. The van der Waals surface area contributed by atoms with E-state index in [1.165, 1.54) is 12.1 Å². The Labute approximate surface area is 151 Å². The van der Waals surface area contributed by atoms with Crippen LogP contribution < -0.4 is 10.6 Å². The fourth-order valence-electron chi connectivity index (χ4n) is 3.18. The van der Waals surface area contributed by atoms with E-state index in [2.05, 4.69) is 15.6 Å². The van der Waals surface area contributed by atoms with Crippen LogP contribution in [-0.4, -0.2) is 29.5 Å². The van der Waals surface area contributed by atoms with Crippen LogP contribution in [0.5, 0.6) is 0 Å². The standard InChI is InChI=1S/C19H24FN3OS/c1-19(2,11-13-3-5-15(20)6-4-13)23-17(24)16-12-25-18(22-16)14-7-9-21-10-8-14/h3-6,12,14,21H,7-11H2,1-2H3,(H,23,24). The minimum atomic E-state index is -0.437. The molecule has 3 rings (SSSR count). The Bertz CT molecular complexity index is 721. The highest BCUT2D eigenvalue weighted by atomic mass is 32.1. The fraction of sp³-hybridized carbons (Fsp3) is 0.474. The van der Waals surface area contributed by atoms with Crippen LogP contribution in [0.25, 0.3) is 0 Å². The minimum absolute atomic E-state index is 0.149. The van der Waals surface area contributed by atoms with Crippen LogP contribution in [0.15, 0.2) is 29.6 Å². The van der Waals surface area contributed by atoms with Crippen molar-refractivity contribution in [3.8, 4) is 0 Å². The van der Waals surface area contributed by atoms with Crippen LogP contribution in [0, 0.1) is 5.82 Å². The summed E-state index contributed by atoms with van der Waals surface area (Å²) in [6.45, 7) is 5.95. The van der Waals surface area contributed by atoms with E-state index in [0.717, 1.165) is 36.5 Å². The van der Waals surface area contributed by atoms with Crippen molar-refractivity contribution in [3.63, 3.8) is 0 Å². The molecule has 2 N–H and O–H groups in total. The third kappa shape index (κ3) is 4.86. The van der Waals surface area contributed by atoms with Gasteiger partial charge in [-0.25, -0.2) is 9.37 Å². The first-order chi connectivity index (χ1) is 11.9. The molecule has 25 heavy (non-hydrogen) atoms. The van der Waals surface area contributed by atoms with Gasteiger partial charge >= 0.3 is 0 Å². The minimum Gasteiger partial charge on any atom is -0.345 e. The van der Waals surface area contributed by atoms with Crippen LogP contribution in [0.4, 0.5) is 4.39 Å². The number of carbonyl (C=O) groups is 1. The third-order valence-corrected chi connectivity index (χ3v) is 5.46. The highest BCUT2D eigenvalue weighted by molar-refractivity contribution is 7.09. The number of halogens is 1. The Morgan fingerprint density at radius 2 is 2.00 bits per heavy atom. The largest absolute Gasteiger partial charge is 0.345 e. The maximum atomic E-state index is 13.0. The lowest BCUT2D eigenvalue weighted by Crippen LogP contribution is -2.45. The average molecular weight is 361 g/mol. The van der Waals surface area contributed by atoms with E-state index < -0.39 is 5.54 Å². The van der Waals surface area contributed by atoms with E-state index in [1.54, 1.807) is 23.5 Å². The van der Waals surface area contributed by atoms with Crippen molar-refractivity contribution in [2.45, 2.75) is 44.6 Å². The lowest BCUT2D eigenvalue weighted by Gasteiger charge is -2.26. The zero-order chi connectivity index (χ0) is 17.9. The Morgan fingerprint density at radius 1 is 1.32 bits per heavy atom. The second-order valence-electron chi connectivity index (χ2n) is 7.24. The molecule has 1 aromatic carbocycles. The number of aromatic nitrogens is 1. The number of nitrogens with one attached hydrogen (secondary N) is 2. The second-order valence-corrected chi connectivity index (χ2v) is 8.13. The number of nitrogens with zero attached hydrogens (tertiary/aromatic N) is 1. The molecule has 1 aromatic heterocycles. The predicted octanol–water partition coefficient (Wildman–Crippen LogP) is 3.50. The molecule has 2 aromatic rings. The Balaban J connectivity index is 1.62. The molecule has 2 heterocycles. The van der Waals surface area contributed by atoms with Gasteiger partial charge in [0.05, 0.1) is 5.01 Å². The topological polar surface area (TPSA) is 54.0 Å². The highest BCUT2D eigenvalue weighted by Gasteiger charge is 2.25. The summed E-state index contributed by atoms with van der Waals surface area (Å²) in [6, 6.07) is 6.39. The summed E-state index contributed by atoms with van der Waals surface area (Å²) in [5.41, 5.74) is 1.04. The molecule has 1 aliphatic heterocycles. The smallest absolute Gasteiger partial charge is 0.271 e. The number of amides is 1. The molecule has 0 bridgehead atoms. The third-order valence-electron chi connectivity index (χ3n) is 4.45. The summed E-state index contributed by atoms with van der Waals surface area (Å²) in [5, 5.41) is 9.30. The summed E-state index contributed by atoms with van der Waals surface area (Å²) >= 11 is 1.57. The van der Waals surface area contributed by atoms with E-state index in [1.807, 2.05) is 19.2 Å². The van der Waals surface area contributed by atoms with Crippen molar-refractivity contribution >= 4 is 17.2 Å². The SMILES string of the molecule is CC(C)(Cc1ccc(F)cc1)NC(=O)c1csc(C2CCNCC2)n1. The molecule has 1 fully saturated rings. The predicted molar refractivity (Wildman–Crippen MR) is 98.6 cm³/mol. The molecule has 1 saturated heterocycles. The number of hydrogen-bond acceptors (Lipinski definition) is 4. The van der Waals surface area contributed by atoms with Gasteiger partial charge in [0.2, 0.25) is 0 Å². The average Bonchev–Trinajstić information content (AvgIpc) is 3.07. The number of piperidine rings is 1.